The van der Waals surface area contributed by atoms with E-state index in [2.05, 4.69) is 43.3 Å². The average Bonchev–Trinajstić information content (AvgIpc) is 2.45. The second-order valence-electron chi connectivity index (χ2n) is 6.62. The fourth-order valence-corrected chi connectivity index (χ4v) is 2.63. The van der Waals surface area contributed by atoms with Crippen LogP contribution in [0.3, 0.4) is 0 Å². The first-order chi connectivity index (χ1) is 9.86. The van der Waals surface area contributed by atoms with Gasteiger partial charge in [-0.15, -0.1) is 0 Å². The minimum atomic E-state index is -0.759. The summed E-state index contributed by atoms with van der Waals surface area (Å²) in [6.45, 7) is 7.27. The zero-order valence-corrected chi connectivity index (χ0v) is 13.3. The molecule has 0 atom stereocenters. The van der Waals surface area contributed by atoms with Crippen LogP contribution >= 0.6 is 0 Å². The van der Waals surface area contributed by atoms with E-state index in [-0.39, 0.29) is 5.91 Å². The fourth-order valence-electron chi connectivity index (χ4n) is 2.63. The highest BCUT2D eigenvalue weighted by atomic mass is 16.2. The van der Waals surface area contributed by atoms with Crippen LogP contribution in [0.15, 0.2) is 30.3 Å². The van der Waals surface area contributed by atoms with Crippen LogP contribution in [0.4, 0.5) is 0 Å². The van der Waals surface area contributed by atoms with Crippen molar-refractivity contribution in [3.05, 3.63) is 41.5 Å². The number of nitrogens with two attached hydrogens (primary N) is 1. The number of hydrogen-bond acceptors (Lipinski definition) is 2. The molecule has 1 aromatic carbocycles. The monoisotopic (exact) mass is 286 g/mol. The van der Waals surface area contributed by atoms with Crippen LogP contribution in [0.1, 0.15) is 37.8 Å². The molecule has 0 aromatic heterocycles. The molecule has 1 saturated heterocycles. The maximum absolute atomic E-state index is 12.1. The minimum Gasteiger partial charge on any atom is -0.341 e. The number of likely N-dealkylation sites (tertiary alicyclic amines) is 1. The highest BCUT2D eigenvalue weighted by Gasteiger charge is 2.30. The summed E-state index contributed by atoms with van der Waals surface area (Å²) in [6.07, 6.45) is 6.50. The summed E-state index contributed by atoms with van der Waals surface area (Å²) in [5.41, 5.74) is 7.65. The number of hydrogen-bond donors (Lipinski definition) is 1. The molecule has 2 rings (SSSR count). The number of nitrogens with zero attached hydrogens (tertiary/aromatic N) is 1. The van der Waals surface area contributed by atoms with Crippen molar-refractivity contribution >= 4 is 12.0 Å². The first kappa shape index (κ1) is 15.8. The lowest BCUT2D eigenvalue weighted by atomic mass is 9.94. The highest BCUT2D eigenvalue weighted by Crippen LogP contribution is 2.21. The van der Waals surface area contributed by atoms with Gasteiger partial charge in [-0.3, -0.25) is 4.79 Å². The molecule has 0 spiro atoms. The average molecular weight is 286 g/mol. The van der Waals surface area contributed by atoms with E-state index in [1.807, 2.05) is 4.90 Å². The summed E-state index contributed by atoms with van der Waals surface area (Å²) in [5.74, 6) is 0.611. The fraction of sp³-hybridized carbons (Fsp3) is 0.500. The van der Waals surface area contributed by atoms with Crippen LogP contribution in [-0.4, -0.2) is 29.4 Å². The molecule has 0 aliphatic carbocycles. The molecule has 0 bridgehead atoms. The number of allylic oxidation sites excluding steroid dienone is 1. The third-order valence-electron chi connectivity index (χ3n) is 4.02. The molecule has 21 heavy (non-hydrogen) atoms. The first-order valence-electron chi connectivity index (χ1n) is 7.69. The molecule has 1 aliphatic heterocycles. The van der Waals surface area contributed by atoms with Crippen molar-refractivity contribution in [3.63, 3.8) is 0 Å². The van der Waals surface area contributed by atoms with Crippen LogP contribution in [0.25, 0.3) is 6.08 Å². The summed E-state index contributed by atoms with van der Waals surface area (Å²) in [7, 11) is 0. The van der Waals surface area contributed by atoms with E-state index in [9.17, 15) is 4.79 Å². The van der Waals surface area contributed by atoms with Crippen molar-refractivity contribution < 1.29 is 4.79 Å². The molecular formula is C18H26N2O. The summed E-state index contributed by atoms with van der Waals surface area (Å²) in [6, 6.07) is 8.54. The molecule has 0 saturated carbocycles. The van der Waals surface area contributed by atoms with E-state index in [0.717, 1.165) is 25.9 Å². The Kier molecular flexibility index (Phi) is 4.84. The number of benzene rings is 1. The van der Waals surface area contributed by atoms with Crippen LogP contribution in [0.5, 0.6) is 0 Å². The van der Waals surface area contributed by atoms with E-state index in [1.54, 1.807) is 13.8 Å². The topological polar surface area (TPSA) is 46.3 Å². The Hall–Kier alpha value is -1.61. The van der Waals surface area contributed by atoms with Crippen LogP contribution in [0.2, 0.25) is 0 Å². The smallest absolute Gasteiger partial charge is 0.242 e. The summed E-state index contributed by atoms with van der Waals surface area (Å²) in [4.78, 5) is 14.0. The van der Waals surface area contributed by atoms with Crippen LogP contribution in [0, 0.1) is 12.8 Å². The Labute approximate surface area is 127 Å². The molecule has 3 heteroatoms. The van der Waals surface area contributed by atoms with E-state index in [1.165, 1.54) is 11.1 Å². The molecule has 1 fully saturated rings. The number of carbonyl (C=O) groups is 1. The van der Waals surface area contributed by atoms with Crippen molar-refractivity contribution in [1.29, 1.82) is 0 Å². The number of rotatable bonds is 3. The molecule has 1 aliphatic rings. The summed E-state index contributed by atoms with van der Waals surface area (Å²) < 4.78 is 0. The number of carbonyl (C=O) groups excluding carboxylic acids is 1. The molecule has 1 heterocycles. The van der Waals surface area contributed by atoms with Gasteiger partial charge in [-0.2, -0.15) is 0 Å². The number of amides is 1. The predicted octanol–water partition coefficient (Wildman–Crippen LogP) is 2.98. The van der Waals surface area contributed by atoms with E-state index in [4.69, 9.17) is 5.73 Å². The van der Waals surface area contributed by atoms with Gasteiger partial charge in [-0.05, 0) is 45.1 Å². The van der Waals surface area contributed by atoms with Crippen LogP contribution < -0.4 is 5.73 Å². The Balaban J connectivity index is 1.87. The molecule has 1 amide bonds. The third kappa shape index (κ3) is 4.43. The quantitative estimate of drug-likeness (QED) is 0.928. The normalized spacial score (nSPS) is 17.4. The second-order valence-corrected chi connectivity index (χ2v) is 6.62. The maximum Gasteiger partial charge on any atom is 0.242 e. The van der Waals surface area contributed by atoms with E-state index in [0.29, 0.717) is 5.92 Å². The number of piperidine rings is 1. The van der Waals surface area contributed by atoms with Gasteiger partial charge in [0.1, 0.15) is 0 Å². The molecule has 3 nitrogen and oxygen atoms in total. The molecule has 114 valence electrons. The van der Waals surface area contributed by atoms with Crippen molar-refractivity contribution in [2.75, 3.05) is 13.1 Å². The number of aryl methyl sites for hydroxylation is 1. The molecule has 0 radical (unpaired) electrons. The van der Waals surface area contributed by atoms with Crippen molar-refractivity contribution in [1.82, 2.24) is 4.90 Å². The van der Waals surface area contributed by atoms with Gasteiger partial charge in [0.15, 0.2) is 0 Å². The predicted molar refractivity (Wildman–Crippen MR) is 87.8 cm³/mol. The Morgan fingerprint density at radius 2 is 1.81 bits per heavy atom. The lowest BCUT2D eigenvalue weighted by Crippen LogP contribution is -2.53. The van der Waals surface area contributed by atoms with Gasteiger partial charge in [0.25, 0.3) is 0 Å². The first-order valence-corrected chi connectivity index (χ1v) is 7.69. The van der Waals surface area contributed by atoms with Gasteiger partial charge < -0.3 is 10.6 Å². The van der Waals surface area contributed by atoms with E-state index >= 15 is 0 Å². The Morgan fingerprint density at radius 1 is 1.24 bits per heavy atom. The van der Waals surface area contributed by atoms with Gasteiger partial charge in [0, 0.05) is 13.1 Å². The highest BCUT2D eigenvalue weighted by molar-refractivity contribution is 5.85. The largest absolute Gasteiger partial charge is 0.341 e. The van der Waals surface area contributed by atoms with Gasteiger partial charge in [0.2, 0.25) is 5.91 Å². The molecule has 1 aromatic rings. The van der Waals surface area contributed by atoms with Crippen molar-refractivity contribution in [3.8, 4) is 0 Å². The van der Waals surface area contributed by atoms with E-state index < -0.39 is 5.54 Å². The maximum atomic E-state index is 12.1. The summed E-state index contributed by atoms with van der Waals surface area (Å²) in [5, 5.41) is 0. The Bertz CT molecular complexity index is 503. The lowest BCUT2D eigenvalue weighted by molar-refractivity contribution is -0.137. The molecule has 0 unspecified atom stereocenters. The molecular weight excluding hydrogens is 260 g/mol. The van der Waals surface area contributed by atoms with Crippen LogP contribution in [-0.2, 0) is 4.79 Å². The Morgan fingerprint density at radius 3 is 2.33 bits per heavy atom. The zero-order valence-electron chi connectivity index (χ0n) is 13.3. The minimum absolute atomic E-state index is 0.0588. The SMILES string of the molecule is Cc1ccc(/C=C/C2CCN(C(=O)C(C)(C)N)CC2)cc1. The third-order valence-corrected chi connectivity index (χ3v) is 4.02. The van der Waals surface area contributed by atoms with Gasteiger partial charge >= 0.3 is 0 Å². The second kappa shape index (κ2) is 6.44. The van der Waals surface area contributed by atoms with Crippen molar-refractivity contribution in [2.45, 2.75) is 39.2 Å². The van der Waals surface area contributed by atoms with Crippen molar-refractivity contribution in [2.24, 2.45) is 11.7 Å². The van der Waals surface area contributed by atoms with Gasteiger partial charge in [-0.25, -0.2) is 0 Å². The zero-order chi connectivity index (χ0) is 15.5. The summed E-state index contributed by atoms with van der Waals surface area (Å²) >= 11 is 0. The lowest BCUT2D eigenvalue weighted by Gasteiger charge is -2.34. The van der Waals surface area contributed by atoms with Gasteiger partial charge in [-0.1, -0.05) is 42.0 Å². The van der Waals surface area contributed by atoms with Gasteiger partial charge in [0.05, 0.1) is 5.54 Å². The standard InChI is InChI=1S/C18H26N2O/c1-14-4-6-15(7-5-14)8-9-16-10-12-20(13-11-16)17(21)18(2,3)19/h4-9,16H,10-13,19H2,1-3H3/b9-8+. The molecule has 2 N–H and O–H groups in total.